The Morgan fingerprint density at radius 3 is 0.889 bits per heavy atom. The average Bonchev–Trinajstić information content (AvgIpc) is 4.29. The van der Waals surface area contributed by atoms with Crippen LogP contribution in [0, 0.1) is 13.8 Å². The molecule has 2 heterocycles. The summed E-state index contributed by atoms with van der Waals surface area (Å²) in [5, 5.41) is 58.9. The second-order valence-electron chi connectivity index (χ2n) is 21.0. The molecule has 0 saturated carbocycles. The van der Waals surface area contributed by atoms with Crippen molar-refractivity contribution >= 4 is 162 Å². The van der Waals surface area contributed by atoms with Crippen LogP contribution >= 0.6 is 0 Å². The fourth-order valence-electron chi connectivity index (χ4n) is 15.1. The first kappa shape index (κ1) is 35.6. The van der Waals surface area contributed by atoms with Crippen LogP contribution in [0.3, 0.4) is 0 Å². The van der Waals surface area contributed by atoms with E-state index in [1.54, 1.807) is 0 Å². The van der Waals surface area contributed by atoms with E-state index < -0.39 is 0 Å². The lowest BCUT2D eigenvalue weighted by atomic mass is 9.88. The molecule has 18 aromatic carbocycles. The van der Waals surface area contributed by atoms with Gasteiger partial charge in [-0.3, -0.25) is 0 Å². The minimum atomic E-state index is 0.873. The van der Waals surface area contributed by atoms with Crippen LogP contribution in [0.2, 0.25) is 0 Å². The molecule has 2 aromatic heterocycles. The maximum absolute atomic E-state index is 5.05. The molecule has 0 aliphatic rings. The highest BCUT2D eigenvalue weighted by Gasteiger charge is 2.30. The van der Waals surface area contributed by atoms with Gasteiger partial charge in [0.15, 0.2) is 0 Å². The number of nitrogens with zero attached hydrogens (tertiary/aromatic N) is 6. The van der Waals surface area contributed by atoms with E-state index in [4.69, 9.17) is 20.6 Å². The van der Waals surface area contributed by atoms with Gasteiger partial charge < -0.3 is 0 Å². The zero-order valence-corrected chi connectivity index (χ0v) is 38.7. The van der Waals surface area contributed by atoms with E-state index in [1.807, 2.05) is 9.36 Å². The van der Waals surface area contributed by atoms with Crippen molar-refractivity contribution in [3.05, 3.63) is 169 Å². The third kappa shape index (κ3) is 3.73. The molecule has 0 atom stereocenters. The fourth-order valence-corrected chi connectivity index (χ4v) is 15.1. The van der Waals surface area contributed by atoms with Crippen molar-refractivity contribution < 1.29 is 0 Å². The first-order valence-corrected chi connectivity index (χ1v) is 25.0. The van der Waals surface area contributed by atoms with Crippen molar-refractivity contribution in [2.24, 2.45) is 0 Å². The Hall–Kier alpha value is -9.52. The number of hydrogen-bond acceptors (Lipinski definition) is 4. The van der Waals surface area contributed by atoms with Gasteiger partial charge in [-0.15, -0.1) is 10.2 Å². The van der Waals surface area contributed by atoms with Crippen LogP contribution in [0.4, 0.5) is 0 Å². The van der Waals surface area contributed by atoms with Gasteiger partial charge in [-0.05, 0) is 177 Å². The van der Waals surface area contributed by atoms with Crippen molar-refractivity contribution in [3.8, 4) is 33.9 Å². The molecule has 0 N–H and O–H groups in total. The van der Waals surface area contributed by atoms with Gasteiger partial charge in [0, 0.05) is 32.7 Å². The van der Waals surface area contributed by atoms with Crippen molar-refractivity contribution in [1.82, 2.24) is 30.0 Å². The second-order valence-corrected chi connectivity index (χ2v) is 21.0. The van der Waals surface area contributed by atoms with E-state index >= 15 is 0 Å². The van der Waals surface area contributed by atoms with Gasteiger partial charge in [0.05, 0.1) is 23.8 Å². The van der Waals surface area contributed by atoms with Crippen LogP contribution in [0.1, 0.15) is 11.1 Å². The van der Waals surface area contributed by atoms with Gasteiger partial charge in [-0.1, -0.05) is 144 Å². The van der Waals surface area contributed by atoms with E-state index in [0.717, 1.165) is 33.9 Å². The molecule has 0 amide bonds. The third-order valence-electron chi connectivity index (χ3n) is 18.0. The standard InChI is InChI=1S/C66H32N6/c1-29-40-23-24-41-30(2)51(47-28-72(70-68-47)49-26-39-14-12-34-6-4-32-8-10-36-16-20-43(49)64-57(36)53(32)55(34)60(39)64)45-22-18-37-17-21-44(65-58(37)66(45)62(41)61(40)65)50(29)46-27-71(69-67-46)48-25-38-13-11-33-5-3-31-7-9-35-15-19-42(48)63-56(35)52(31)54(33)59(38)63/h3-28H,1-2H3. The normalized spacial score (nSPS) is 13.4. The molecule has 0 aliphatic heterocycles. The lowest BCUT2D eigenvalue weighted by molar-refractivity contribution is 0.809. The Bertz CT molecular complexity index is 5290. The Kier molecular flexibility index (Phi) is 5.63. The maximum atomic E-state index is 5.05. The zero-order valence-electron chi connectivity index (χ0n) is 38.7. The summed E-state index contributed by atoms with van der Waals surface area (Å²) < 4.78 is 4.04. The molecule has 0 saturated heterocycles. The van der Waals surface area contributed by atoms with Crippen molar-refractivity contribution in [1.29, 1.82) is 0 Å². The first-order chi connectivity index (χ1) is 35.5. The quantitative estimate of drug-likeness (QED) is 0.165. The molecule has 0 spiro atoms. The predicted octanol–water partition coefficient (Wildman–Crippen LogP) is 17.0. The summed E-state index contributed by atoms with van der Waals surface area (Å²) in [5.74, 6) is 0. The lowest BCUT2D eigenvalue weighted by Gasteiger charge is -2.15. The molecule has 20 rings (SSSR count). The number of rotatable bonds is 4. The summed E-state index contributed by atoms with van der Waals surface area (Å²) in [5.41, 5.74) is 8.54. The average molecular weight is 909 g/mol. The van der Waals surface area contributed by atoms with Crippen LogP contribution < -0.4 is 0 Å². The van der Waals surface area contributed by atoms with E-state index in [0.29, 0.717) is 0 Å². The highest BCUT2D eigenvalue weighted by atomic mass is 15.4. The van der Waals surface area contributed by atoms with E-state index in [1.165, 1.54) is 173 Å². The molecule has 0 bridgehead atoms. The Balaban J connectivity index is 0.791. The number of hydrogen-bond donors (Lipinski definition) is 0. The molecule has 0 unspecified atom stereocenters. The topological polar surface area (TPSA) is 61.4 Å². The van der Waals surface area contributed by atoms with E-state index in [9.17, 15) is 0 Å². The van der Waals surface area contributed by atoms with Crippen molar-refractivity contribution in [2.75, 3.05) is 0 Å². The Morgan fingerprint density at radius 2 is 0.514 bits per heavy atom. The molecular formula is C66H32N6. The minimum Gasteiger partial charge on any atom is -0.219 e. The monoisotopic (exact) mass is 908 g/mol. The van der Waals surface area contributed by atoms with Crippen LogP contribution in [-0.4, -0.2) is 30.0 Å². The molecule has 326 valence electrons. The first-order valence-electron chi connectivity index (χ1n) is 25.0. The van der Waals surface area contributed by atoms with Gasteiger partial charge in [-0.25, -0.2) is 9.36 Å². The molecule has 6 nitrogen and oxygen atoms in total. The van der Waals surface area contributed by atoms with Gasteiger partial charge in [0.25, 0.3) is 0 Å². The SMILES string of the molecule is Cc1c(-c2cn(-c3cc4ccc5ccc6ccc7ccc3c3c7c6c5c43)nn2)c2ccc3ccc4c(-c5cn(-c6cc7ccc8ccc9ccc%10ccc6c6c%10c9c8c76)nn5)c(C)c5ccc1c1c2c3c4c51. The van der Waals surface area contributed by atoms with Crippen LogP contribution in [0.15, 0.2) is 158 Å². The summed E-state index contributed by atoms with van der Waals surface area (Å²) in [6.07, 6.45) is 4.32. The highest BCUT2D eigenvalue weighted by Crippen LogP contribution is 2.56. The largest absolute Gasteiger partial charge is 0.219 e. The number of aryl methyl sites for hydroxylation is 2. The van der Waals surface area contributed by atoms with Gasteiger partial charge in [0.2, 0.25) is 0 Å². The Morgan fingerprint density at radius 1 is 0.264 bits per heavy atom. The molecule has 0 fully saturated rings. The van der Waals surface area contributed by atoms with Gasteiger partial charge in [-0.2, -0.15) is 0 Å². The van der Waals surface area contributed by atoms with E-state index in [2.05, 4.69) is 172 Å². The molecule has 0 radical (unpaired) electrons. The smallest absolute Gasteiger partial charge is 0.114 e. The van der Waals surface area contributed by atoms with Crippen molar-refractivity contribution in [3.63, 3.8) is 0 Å². The zero-order chi connectivity index (χ0) is 46.3. The molecule has 20 aromatic rings. The lowest BCUT2D eigenvalue weighted by Crippen LogP contribution is -1.97. The maximum Gasteiger partial charge on any atom is 0.114 e. The van der Waals surface area contributed by atoms with E-state index in [-0.39, 0.29) is 0 Å². The summed E-state index contributed by atoms with van der Waals surface area (Å²) in [6.45, 7) is 4.55. The summed E-state index contributed by atoms with van der Waals surface area (Å²) in [6, 6.07) is 55.0. The summed E-state index contributed by atoms with van der Waals surface area (Å²) in [7, 11) is 0. The third-order valence-corrected chi connectivity index (χ3v) is 18.0. The Labute approximate surface area is 406 Å². The summed E-state index contributed by atoms with van der Waals surface area (Å²) in [4.78, 5) is 0. The van der Waals surface area contributed by atoms with Gasteiger partial charge in [0.1, 0.15) is 11.4 Å². The second kappa shape index (κ2) is 11.4. The molecule has 0 aliphatic carbocycles. The number of benzene rings is 15. The minimum absolute atomic E-state index is 0.873. The molecular weight excluding hydrogens is 877 g/mol. The van der Waals surface area contributed by atoms with Crippen LogP contribution in [0.5, 0.6) is 0 Å². The number of aromatic nitrogens is 6. The molecule has 6 heteroatoms. The predicted molar refractivity (Wildman–Crippen MR) is 300 cm³/mol. The van der Waals surface area contributed by atoms with Crippen molar-refractivity contribution in [2.45, 2.75) is 13.8 Å². The van der Waals surface area contributed by atoms with Gasteiger partial charge >= 0.3 is 0 Å². The van der Waals surface area contributed by atoms with Crippen LogP contribution in [-0.2, 0) is 0 Å². The fraction of sp³-hybridized carbons (Fsp3) is 0.0303. The van der Waals surface area contributed by atoms with Crippen LogP contribution in [0.25, 0.3) is 195 Å². The molecule has 72 heavy (non-hydrogen) atoms. The summed E-state index contributed by atoms with van der Waals surface area (Å²) >= 11 is 0. The highest BCUT2D eigenvalue weighted by molar-refractivity contribution is 6.49.